The van der Waals surface area contributed by atoms with Gasteiger partial charge in [-0.15, -0.1) is 0 Å². The highest BCUT2D eigenvalue weighted by molar-refractivity contribution is 9.10. The van der Waals surface area contributed by atoms with Gasteiger partial charge in [-0.2, -0.15) is 0 Å². The summed E-state index contributed by atoms with van der Waals surface area (Å²) in [5.74, 6) is 1.70. The molecule has 150 valence electrons. The number of thiocarbonyl (C=S) groups is 1. The molecule has 1 fully saturated rings. The van der Waals surface area contributed by atoms with Gasteiger partial charge in [0.15, 0.2) is 5.11 Å². The van der Waals surface area contributed by atoms with Crippen LogP contribution in [0.1, 0.15) is 30.0 Å². The molecule has 2 aromatic heterocycles. The van der Waals surface area contributed by atoms with E-state index in [1.807, 2.05) is 54.6 Å². The Balaban J connectivity index is 1.67. The largest absolute Gasteiger partial charge is 0.459 e. The Hall–Kier alpha value is -2.22. The number of nitrogens with zero attached hydrogens (tertiary/aromatic N) is 2. The second kappa shape index (κ2) is 9.07. The van der Waals surface area contributed by atoms with Gasteiger partial charge in [0.05, 0.1) is 11.7 Å². The van der Waals surface area contributed by atoms with Crippen LogP contribution in [0.5, 0.6) is 0 Å². The molecule has 5 nitrogen and oxygen atoms in total. The summed E-state index contributed by atoms with van der Waals surface area (Å²) in [7, 11) is 1.71. The summed E-state index contributed by atoms with van der Waals surface area (Å²) in [6.45, 7) is 1.46. The Morgan fingerprint density at radius 2 is 2.00 bits per heavy atom. The lowest BCUT2D eigenvalue weighted by molar-refractivity contribution is 0.177. The molecule has 1 N–H and O–H groups in total. The normalized spacial score (nSPS) is 18.8. The number of halogens is 1. The minimum Gasteiger partial charge on any atom is -0.459 e. The van der Waals surface area contributed by atoms with Crippen molar-refractivity contribution in [2.24, 2.45) is 0 Å². The lowest BCUT2D eigenvalue weighted by Gasteiger charge is -2.25. The van der Waals surface area contributed by atoms with Crippen LogP contribution in [0.25, 0.3) is 11.3 Å². The van der Waals surface area contributed by atoms with Crippen molar-refractivity contribution < 1.29 is 9.15 Å². The molecule has 0 aliphatic carbocycles. The Morgan fingerprint density at radius 3 is 2.72 bits per heavy atom. The van der Waals surface area contributed by atoms with Crippen LogP contribution in [0.4, 0.5) is 0 Å². The molecule has 7 heteroatoms. The van der Waals surface area contributed by atoms with E-state index in [2.05, 4.69) is 31.1 Å². The van der Waals surface area contributed by atoms with Crippen molar-refractivity contribution >= 4 is 33.3 Å². The van der Waals surface area contributed by atoms with E-state index in [1.54, 1.807) is 13.3 Å². The first-order valence-corrected chi connectivity index (χ1v) is 10.7. The van der Waals surface area contributed by atoms with E-state index >= 15 is 0 Å². The zero-order valence-corrected chi connectivity index (χ0v) is 18.4. The van der Waals surface area contributed by atoms with Gasteiger partial charge in [-0.3, -0.25) is 4.98 Å². The van der Waals surface area contributed by atoms with Crippen molar-refractivity contribution in [3.05, 3.63) is 76.7 Å². The number of furan rings is 1. The molecular formula is C22H22BrN3O2S. The van der Waals surface area contributed by atoms with Crippen LogP contribution in [-0.4, -0.2) is 35.3 Å². The maximum absolute atomic E-state index is 6.31. The molecule has 4 rings (SSSR count). The number of hydrogen-bond acceptors (Lipinski definition) is 4. The van der Waals surface area contributed by atoms with Gasteiger partial charge in [-0.05, 0) is 55.0 Å². The van der Waals surface area contributed by atoms with Gasteiger partial charge in [0, 0.05) is 36.5 Å². The standard InChI is InChI=1S/C22H22BrN3O2S/c1-27-14-4-13-26-21(20(25-22(26)29)17-5-2-3-12-24-17)19-11-10-18(28-19)15-6-8-16(23)9-7-15/h2-3,5-12,20-21H,4,13-14H2,1H3,(H,25,29)/t20-,21-/m0/s1. The second-order valence-electron chi connectivity index (χ2n) is 6.88. The fourth-order valence-electron chi connectivity index (χ4n) is 3.62. The first kappa shape index (κ1) is 20.1. The summed E-state index contributed by atoms with van der Waals surface area (Å²) in [5.41, 5.74) is 1.98. The number of hydrogen-bond donors (Lipinski definition) is 1. The van der Waals surface area contributed by atoms with Gasteiger partial charge in [0.25, 0.3) is 0 Å². The number of rotatable bonds is 7. The third-order valence-electron chi connectivity index (χ3n) is 4.99. The molecule has 2 atom stereocenters. The number of aromatic nitrogens is 1. The van der Waals surface area contributed by atoms with E-state index in [4.69, 9.17) is 21.4 Å². The van der Waals surface area contributed by atoms with Crippen molar-refractivity contribution in [1.29, 1.82) is 0 Å². The minimum absolute atomic E-state index is 0.0709. The molecule has 0 amide bonds. The topological polar surface area (TPSA) is 50.5 Å². The van der Waals surface area contributed by atoms with Crippen LogP contribution in [0.2, 0.25) is 0 Å². The van der Waals surface area contributed by atoms with Gasteiger partial charge in [0.2, 0.25) is 0 Å². The van der Waals surface area contributed by atoms with Gasteiger partial charge in [0.1, 0.15) is 17.6 Å². The predicted octanol–water partition coefficient (Wildman–Crippen LogP) is 5.11. The van der Waals surface area contributed by atoms with Crippen molar-refractivity contribution in [2.45, 2.75) is 18.5 Å². The lowest BCUT2D eigenvalue weighted by Crippen LogP contribution is -2.31. The van der Waals surface area contributed by atoms with E-state index in [9.17, 15) is 0 Å². The summed E-state index contributed by atoms with van der Waals surface area (Å²) in [5, 5.41) is 4.15. The monoisotopic (exact) mass is 471 g/mol. The van der Waals surface area contributed by atoms with Crippen LogP contribution in [0.15, 0.2) is 69.7 Å². The molecule has 1 saturated heterocycles. The zero-order valence-electron chi connectivity index (χ0n) is 16.0. The summed E-state index contributed by atoms with van der Waals surface area (Å²) in [6, 6.07) is 17.9. The predicted molar refractivity (Wildman–Crippen MR) is 120 cm³/mol. The SMILES string of the molecule is COCCCN1C(=S)N[C@@H](c2ccccn2)[C@@H]1c1ccc(-c2ccc(Br)cc2)o1. The van der Waals surface area contributed by atoms with E-state index in [1.165, 1.54) is 0 Å². The molecule has 0 radical (unpaired) electrons. The highest BCUT2D eigenvalue weighted by Crippen LogP contribution is 2.40. The van der Waals surface area contributed by atoms with Gasteiger partial charge < -0.3 is 19.4 Å². The third kappa shape index (κ3) is 4.37. The van der Waals surface area contributed by atoms with E-state index in [0.717, 1.165) is 40.2 Å². The van der Waals surface area contributed by atoms with Gasteiger partial charge in [-0.25, -0.2) is 0 Å². The van der Waals surface area contributed by atoms with E-state index in [-0.39, 0.29) is 12.1 Å². The highest BCUT2D eigenvalue weighted by atomic mass is 79.9. The number of benzene rings is 1. The Labute approximate surface area is 184 Å². The molecule has 1 aliphatic rings. The molecule has 0 unspecified atom stereocenters. The molecule has 3 aromatic rings. The molecule has 0 bridgehead atoms. The molecule has 29 heavy (non-hydrogen) atoms. The fourth-order valence-corrected chi connectivity index (χ4v) is 4.21. The molecular weight excluding hydrogens is 450 g/mol. The third-order valence-corrected chi connectivity index (χ3v) is 5.87. The van der Waals surface area contributed by atoms with Crippen LogP contribution < -0.4 is 5.32 Å². The Morgan fingerprint density at radius 1 is 1.17 bits per heavy atom. The molecule has 1 aliphatic heterocycles. The van der Waals surface area contributed by atoms with Gasteiger partial charge >= 0.3 is 0 Å². The van der Waals surface area contributed by atoms with Crippen LogP contribution >= 0.6 is 28.1 Å². The van der Waals surface area contributed by atoms with Crippen molar-refractivity contribution in [3.63, 3.8) is 0 Å². The minimum atomic E-state index is -0.0739. The van der Waals surface area contributed by atoms with E-state index < -0.39 is 0 Å². The zero-order chi connectivity index (χ0) is 20.2. The quantitative estimate of drug-likeness (QED) is 0.381. The first-order chi connectivity index (χ1) is 14.2. The maximum atomic E-state index is 6.31. The lowest BCUT2D eigenvalue weighted by atomic mass is 10.0. The fraction of sp³-hybridized carbons (Fsp3) is 0.273. The Bertz CT molecular complexity index is 962. The molecule has 0 saturated carbocycles. The highest BCUT2D eigenvalue weighted by Gasteiger charge is 2.41. The van der Waals surface area contributed by atoms with Crippen LogP contribution in [0.3, 0.4) is 0 Å². The first-order valence-electron chi connectivity index (χ1n) is 9.50. The summed E-state index contributed by atoms with van der Waals surface area (Å²) in [4.78, 5) is 6.73. The second-order valence-corrected chi connectivity index (χ2v) is 8.18. The van der Waals surface area contributed by atoms with Crippen molar-refractivity contribution in [3.8, 4) is 11.3 Å². The number of methoxy groups -OCH3 is 1. The van der Waals surface area contributed by atoms with Gasteiger partial charge in [-0.1, -0.05) is 34.1 Å². The number of nitrogens with one attached hydrogen (secondary N) is 1. The summed E-state index contributed by atoms with van der Waals surface area (Å²) in [6.07, 6.45) is 2.68. The molecule has 1 aromatic carbocycles. The summed E-state index contributed by atoms with van der Waals surface area (Å²) >= 11 is 9.14. The van der Waals surface area contributed by atoms with Crippen molar-refractivity contribution in [1.82, 2.24) is 15.2 Å². The smallest absolute Gasteiger partial charge is 0.170 e. The maximum Gasteiger partial charge on any atom is 0.170 e. The number of pyridine rings is 1. The molecule has 0 spiro atoms. The summed E-state index contributed by atoms with van der Waals surface area (Å²) < 4.78 is 12.6. The van der Waals surface area contributed by atoms with Crippen LogP contribution in [-0.2, 0) is 4.74 Å². The average molecular weight is 472 g/mol. The van der Waals surface area contributed by atoms with E-state index in [0.29, 0.717) is 11.7 Å². The number of ether oxygens (including phenoxy) is 1. The average Bonchev–Trinajstić information content (AvgIpc) is 3.34. The molecule has 3 heterocycles. The van der Waals surface area contributed by atoms with Crippen LogP contribution in [0, 0.1) is 0 Å². The van der Waals surface area contributed by atoms with Crippen molar-refractivity contribution in [2.75, 3.05) is 20.3 Å². The Kier molecular flexibility index (Phi) is 6.28.